The van der Waals surface area contributed by atoms with E-state index in [4.69, 9.17) is 16.3 Å². The summed E-state index contributed by atoms with van der Waals surface area (Å²) in [5, 5.41) is 31.6. The molecule has 2 unspecified atom stereocenters. The number of nitro groups is 1. The fraction of sp³-hybridized carbons (Fsp3) is 0.214. The number of aliphatic hydroxyl groups excluding tert-OH is 2. The molecule has 22 heavy (non-hydrogen) atoms. The minimum absolute atomic E-state index is 0.0157. The second kappa shape index (κ2) is 5.88. The number of hydrogen-bond donors (Lipinski definition) is 2. The molecular weight excluding hydrogens is 314 g/mol. The highest BCUT2D eigenvalue weighted by atomic mass is 35.5. The van der Waals surface area contributed by atoms with Crippen molar-refractivity contribution in [2.45, 2.75) is 11.8 Å². The molecule has 116 valence electrons. The monoisotopic (exact) mass is 325 g/mol. The largest absolute Gasteiger partial charge is 0.508 e. The molecule has 2 atom stereocenters. The average molecular weight is 326 g/mol. The van der Waals surface area contributed by atoms with Crippen LogP contribution in [0.1, 0.15) is 5.56 Å². The van der Waals surface area contributed by atoms with Crippen molar-refractivity contribution in [1.82, 2.24) is 0 Å². The maximum Gasteiger partial charge on any atom is 0.378 e. The quantitative estimate of drug-likeness (QED) is 0.377. The fourth-order valence-electron chi connectivity index (χ4n) is 2.27. The summed E-state index contributed by atoms with van der Waals surface area (Å²) in [5.41, 5.74) is -2.38. The molecule has 7 nitrogen and oxygen atoms in total. The van der Waals surface area contributed by atoms with Crippen molar-refractivity contribution in [3.8, 4) is 0 Å². The van der Waals surface area contributed by atoms with Gasteiger partial charge >= 0.3 is 5.72 Å². The Morgan fingerprint density at radius 2 is 2.09 bits per heavy atom. The van der Waals surface area contributed by atoms with E-state index in [-0.39, 0.29) is 16.2 Å². The van der Waals surface area contributed by atoms with Gasteiger partial charge in [-0.15, -0.1) is 0 Å². The zero-order valence-corrected chi connectivity index (χ0v) is 12.1. The van der Waals surface area contributed by atoms with Gasteiger partial charge in [0.2, 0.25) is 6.10 Å². The Morgan fingerprint density at radius 1 is 1.45 bits per heavy atom. The van der Waals surface area contributed by atoms with E-state index in [1.807, 2.05) is 0 Å². The lowest BCUT2D eigenvalue weighted by atomic mass is 9.85. The summed E-state index contributed by atoms with van der Waals surface area (Å²) in [5.74, 6) is -0.842. The first-order valence-electron chi connectivity index (χ1n) is 6.13. The number of ether oxygens (including phenoxy) is 1. The number of nitrogens with zero attached hydrogens (tertiary/aromatic N) is 1. The van der Waals surface area contributed by atoms with Gasteiger partial charge in [0.05, 0.1) is 10.5 Å². The molecule has 0 aliphatic heterocycles. The molecule has 0 spiro atoms. The van der Waals surface area contributed by atoms with E-state index in [0.717, 1.165) is 13.2 Å². The molecule has 1 aliphatic carbocycles. The van der Waals surface area contributed by atoms with E-state index in [9.17, 15) is 25.1 Å². The van der Waals surface area contributed by atoms with Crippen LogP contribution < -0.4 is 0 Å². The first-order valence-corrected chi connectivity index (χ1v) is 6.51. The molecule has 0 amide bonds. The predicted molar refractivity (Wildman–Crippen MR) is 77.9 cm³/mol. The fourth-order valence-corrected chi connectivity index (χ4v) is 2.51. The summed E-state index contributed by atoms with van der Waals surface area (Å²) < 4.78 is 4.83. The Hall–Kier alpha value is -2.22. The lowest BCUT2D eigenvalue weighted by molar-refractivity contribution is -0.622. The summed E-state index contributed by atoms with van der Waals surface area (Å²) in [6.45, 7) is 0. The van der Waals surface area contributed by atoms with Gasteiger partial charge in [0.25, 0.3) is 0 Å². The van der Waals surface area contributed by atoms with Crippen molar-refractivity contribution >= 4 is 23.5 Å². The van der Waals surface area contributed by atoms with Crippen LogP contribution in [0, 0.1) is 10.1 Å². The number of benzene rings is 1. The van der Waals surface area contributed by atoms with Crippen LogP contribution in [0.25, 0.3) is 5.57 Å². The highest BCUT2D eigenvalue weighted by molar-refractivity contribution is 6.32. The summed E-state index contributed by atoms with van der Waals surface area (Å²) in [6, 6.07) is 6.32. The molecule has 0 bridgehead atoms. The predicted octanol–water partition coefficient (Wildman–Crippen LogP) is 1.73. The summed E-state index contributed by atoms with van der Waals surface area (Å²) in [6.07, 6.45) is -0.741. The van der Waals surface area contributed by atoms with Crippen molar-refractivity contribution in [3.63, 3.8) is 0 Å². The van der Waals surface area contributed by atoms with E-state index in [0.29, 0.717) is 11.8 Å². The van der Waals surface area contributed by atoms with Crippen LogP contribution in [0.5, 0.6) is 0 Å². The van der Waals surface area contributed by atoms with Crippen LogP contribution in [-0.4, -0.2) is 40.4 Å². The van der Waals surface area contributed by atoms with Gasteiger partial charge in [0, 0.05) is 29.3 Å². The first-order chi connectivity index (χ1) is 10.4. The number of aliphatic hydroxyl groups is 2. The molecule has 2 rings (SSSR count). The van der Waals surface area contributed by atoms with Crippen molar-refractivity contribution in [3.05, 3.63) is 62.4 Å². The smallest absolute Gasteiger partial charge is 0.378 e. The number of halogens is 1. The van der Waals surface area contributed by atoms with Crippen LogP contribution >= 0.6 is 11.6 Å². The minimum Gasteiger partial charge on any atom is -0.508 e. The highest BCUT2D eigenvalue weighted by Crippen LogP contribution is 2.39. The van der Waals surface area contributed by atoms with Crippen LogP contribution in [0.3, 0.4) is 0 Å². The Bertz CT molecular complexity index is 698. The second-order valence-electron chi connectivity index (χ2n) is 4.57. The maximum atomic E-state index is 11.3. The Balaban J connectivity index is 2.77. The number of carbonyl (C=O) groups excluding carboxylic acids is 1. The Labute approximate surface area is 130 Å². The van der Waals surface area contributed by atoms with E-state index >= 15 is 0 Å². The zero-order valence-electron chi connectivity index (χ0n) is 11.4. The van der Waals surface area contributed by atoms with Gasteiger partial charge in [0.15, 0.2) is 6.29 Å². The first kappa shape index (κ1) is 16.2. The van der Waals surface area contributed by atoms with E-state index in [2.05, 4.69) is 0 Å². The molecule has 8 heteroatoms. The molecule has 0 saturated carbocycles. The van der Waals surface area contributed by atoms with Crippen LogP contribution in [0.15, 0.2) is 41.7 Å². The highest BCUT2D eigenvalue weighted by Gasteiger charge is 2.55. The average Bonchev–Trinajstić information content (AvgIpc) is 2.50. The van der Waals surface area contributed by atoms with Gasteiger partial charge in [-0.05, 0) is 6.07 Å². The molecule has 0 saturated heterocycles. The summed E-state index contributed by atoms with van der Waals surface area (Å²) in [4.78, 5) is 21.7. The van der Waals surface area contributed by atoms with E-state index in [1.54, 1.807) is 12.1 Å². The van der Waals surface area contributed by atoms with Crippen molar-refractivity contribution in [2.75, 3.05) is 7.11 Å². The zero-order chi connectivity index (χ0) is 16.5. The Kier molecular flexibility index (Phi) is 4.32. The molecule has 0 fully saturated rings. The molecule has 0 heterocycles. The number of allylic oxidation sites excluding steroid dienone is 2. The normalized spacial score (nSPS) is 24.9. The third-order valence-corrected chi connectivity index (χ3v) is 3.79. The molecule has 2 N–H and O–H groups in total. The van der Waals surface area contributed by atoms with Gasteiger partial charge < -0.3 is 14.9 Å². The van der Waals surface area contributed by atoms with Gasteiger partial charge in [-0.1, -0.05) is 29.8 Å². The number of carbonyl (C=O) groups is 1. The molecule has 1 aromatic rings. The molecular formula is C14H12ClNO6. The number of aldehydes is 1. The minimum atomic E-state index is -2.41. The summed E-state index contributed by atoms with van der Waals surface area (Å²) in [7, 11) is 1.02. The molecule has 0 aromatic heterocycles. The molecule has 1 aromatic carbocycles. The topological polar surface area (TPSA) is 110 Å². The molecule has 1 aliphatic rings. The second-order valence-corrected chi connectivity index (χ2v) is 4.98. The van der Waals surface area contributed by atoms with Gasteiger partial charge in [0.1, 0.15) is 5.76 Å². The third kappa shape index (κ3) is 2.29. The SMILES string of the molecule is COC1([N+](=O)[O-])C=C(c2ccccc2Cl)C(C=O)=C(O)C1O. The van der Waals surface area contributed by atoms with Crippen molar-refractivity contribution in [1.29, 1.82) is 0 Å². The Morgan fingerprint density at radius 3 is 2.59 bits per heavy atom. The van der Waals surface area contributed by atoms with Gasteiger partial charge in [-0.25, -0.2) is 0 Å². The van der Waals surface area contributed by atoms with Gasteiger partial charge in [-0.2, -0.15) is 0 Å². The van der Waals surface area contributed by atoms with Crippen molar-refractivity contribution in [2.24, 2.45) is 0 Å². The third-order valence-electron chi connectivity index (χ3n) is 3.46. The van der Waals surface area contributed by atoms with Crippen LogP contribution in [0.2, 0.25) is 5.02 Å². The lowest BCUT2D eigenvalue weighted by Gasteiger charge is -2.30. The summed E-state index contributed by atoms with van der Waals surface area (Å²) >= 11 is 6.05. The lowest BCUT2D eigenvalue weighted by Crippen LogP contribution is -2.52. The van der Waals surface area contributed by atoms with E-state index in [1.165, 1.54) is 12.1 Å². The van der Waals surface area contributed by atoms with Crippen molar-refractivity contribution < 1.29 is 24.7 Å². The van der Waals surface area contributed by atoms with E-state index < -0.39 is 22.5 Å². The standard InChI is InChI=1S/C14H12ClNO6/c1-22-14(16(20)21)6-9(8-4-2-3-5-11(8)15)10(7-17)12(18)13(14)19/h2-7,13,18-19H,1H3. The number of hydrogen-bond acceptors (Lipinski definition) is 6. The number of methoxy groups -OCH3 is 1. The molecule has 0 radical (unpaired) electrons. The number of rotatable bonds is 4. The van der Waals surface area contributed by atoms with Crippen LogP contribution in [0.4, 0.5) is 0 Å². The maximum absolute atomic E-state index is 11.3. The van der Waals surface area contributed by atoms with Gasteiger partial charge in [-0.3, -0.25) is 14.9 Å². The van der Waals surface area contributed by atoms with Crippen LogP contribution in [-0.2, 0) is 9.53 Å².